The highest BCUT2D eigenvalue weighted by Gasteiger charge is 2.00. The molecule has 1 aromatic carbocycles. The van der Waals surface area contributed by atoms with Crippen molar-refractivity contribution in [2.24, 2.45) is 0 Å². The zero-order chi connectivity index (χ0) is 20.1. The molecule has 0 saturated carbocycles. The average molecular weight is 369 g/mol. The molecule has 0 aliphatic carbocycles. The van der Waals surface area contributed by atoms with E-state index in [4.69, 9.17) is 46.0 Å². The summed E-state index contributed by atoms with van der Waals surface area (Å²) in [6, 6.07) is 12.1. The van der Waals surface area contributed by atoms with Crippen LogP contribution in [0.4, 0.5) is 0 Å². The van der Waals surface area contributed by atoms with Crippen LogP contribution in [0.25, 0.3) is 21.8 Å². The van der Waals surface area contributed by atoms with Crippen molar-refractivity contribution in [3.05, 3.63) is 79.1 Å². The fourth-order valence-electron chi connectivity index (χ4n) is 1.68. The van der Waals surface area contributed by atoms with Crippen LogP contribution in [0.2, 0.25) is 0 Å². The minimum absolute atomic E-state index is 0.977. The zero-order valence-electron chi connectivity index (χ0n) is 12.6. The largest absolute Gasteiger partial charge is 0.328 e. The molecule has 3 rings (SSSR count). The summed E-state index contributed by atoms with van der Waals surface area (Å²) in [5.41, 5.74) is 1.95. The van der Waals surface area contributed by atoms with E-state index in [-0.39, 0.29) is 0 Å². The normalized spacial score (nSPS) is 8.62. The second-order valence-electron chi connectivity index (χ2n) is 3.93. The number of hydrogen-bond donors (Lipinski definition) is 3. The quantitative estimate of drug-likeness (QED) is 0.294. The Morgan fingerprint density at radius 3 is 1.19 bits per heavy atom. The van der Waals surface area contributed by atoms with Gasteiger partial charge < -0.3 is 15.6 Å². The van der Waals surface area contributed by atoms with Crippen LogP contribution in [0.1, 0.15) is 0 Å². The van der Waals surface area contributed by atoms with Crippen molar-refractivity contribution in [3.8, 4) is 0 Å². The molecule has 0 spiro atoms. The summed E-state index contributed by atoms with van der Waals surface area (Å²) in [5.74, 6) is 0. The summed E-state index contributed by atoms with van der Waals surface area (Å²) in [4.78, 5) is 33.8. The lowest BCUT2D eigenvalue weighted by atomic mass is 10.1. The van der Waals surface area contributed by atoms with Crippen molar-refractivity contribution < 1.29 is 30.9 Å². The average Bonchev–Trinajstić information content (AvgIpc) is 2.53. The van der Waals surface area contributed by atoms with Gasteiger partial charge in [0.15, 0.2) is 0 Å². The molecule has 0 atom stereocenters. The standard InChI is InChI=1S/C12H8N2.3HNO3/c1-3-9-5-6-10-4-2-8-14-12(10)11(9)13-7-1;3*2-1(3)4/h1-8H;3*(H,2,3,4). The highest BCUT2D eigenvalue weighted by Crippen LogP contribution is 2.20. The van der Waals surface area contributed by atoms with Gasteiger partial charge in [0.1, 0.15) is 0 Å². The summed E-state index contributed by atoms with van der Waals surface area (Å²) in [5, 5.41) is 43.2. The molecule has 0 bridgehead atoms. The molecule has 138 valence electrons. The lowest BCUT2D eigenvalue weighted by Gasteiger charge is -2.00. The molecule has 14 heteroatoms. The van der Waals surface area contributed by atoms with Crippen LogP contribution < -0.4 is 0 Å². The third-order valence-electron chi connectivity index (χ3n) is 2.34. The number of hydrogen-bond acceptors (Lipinski definition) is 8. The SMILES string of the molecule is O=[N+]([O-])O.O=[N+]([O-])O.O=[N+]([O-])O.c1cnc2c(c1)ccc1cccnc12. The Balaban J connectivity index is 0.000000436. The highest BCUT2D eigenvalue weighted by atomic mass is 16.9. The minimum atomic E-state index is -1.50. The Labute approximate surface area is 142 Å². The van der Waals surface area contributed by atoms with Gasteiger partial charge in [-0.3, -0.25) is 9.97 Å². The van der Waals surface area contributed by atoms with Gasteiger partial charge in [-0.05, 0) is 12.1 Å². The maximum absolute atomic E-state index is 8.36. The van der Waals surface area contributed by atoms with Crippen LogP contribution >= 0.6 is 0 Å². The van der Waals surface area contributed by atoms with Gasteiger partial charge in [0, 0.05) is 23.2 Å². The Bertz CT molecular complexity index is 794. The molecule has 0 aliphatic rings. The minimum Gasteiger partial charge on any atom is -0.328 e. The molecular formula is C12H11N5O9. The van der Waals surface area contributed by atoms with Crippen LogP contribution in [0.3, 0.4) is 0 Å². The molecule has 0 amide bonds. The van der Waals surface area contributed by atoms with E-state index in [0.717, 1.165) is 21.8 Å². The summed E-state index contributed by atoms with van der Waals surface area (Å²) in [6.45, 7) is 0. The van der Waals surface area contributed by atoms with Gasteiger partial charge in [0.05, 0.1) is 11.0 Å². The van der Waals surface area contributed by atoms with E-state index in [2.05, 4.69) is 34.2 Å². The third kappa shape index (κ3) is 9.62. The molecular weight excluding hydrogens is 358 g/mol. The molecule has 3 N–H and O–H groups in total. The Morgan fingerprint density at radius 1 is 0.654 bits per heavy atom. The summed E-state index contributed by atoms with van der Waals surface area (Å²) in [6.07, 6.45) is 3.60. The lowest BCUT2D eigenvalue weighted by Crippen LogP contribution is -1.83. The maximum atomic E-state index is 8.36. The van der Waals surface area contributed by atoms with E-state index in [9.17, 15) is 0 Å². The number of nitrogens with zero attached hydrogens (tertiary/aromatic N) is 5. The first kappa shape index (κ1) is 21.6. The van der Waals surface area contributed by atoms with Gasteiger partial charge in [0.2, 0.25) is 0 Å². The number of fused-ring (bicyclic) bond motifs is 3. The Hall–Kier alpha value is -4.36. The van der Waals surface area contributed by atoms with Crippen molar-refractivity contribution in [2.45, 2.75) is 0 Å². The molecule has 0 aliphatic heterocycles. The summed E-state index contributed by atoms with van der Waals surface area (Å²) < 4.78 is 0. The van der Waals surface area contributed by atoms with Gasteiger partial charge in [0.25, 0.3) is 15.3 Å². The van der Waals surface area contributed by atoms with E-state index >= 15 is 0 Å². The predicted molar refractivity (Wildman–Crippen MR) is 83.4 cm³/mol. The topological polar surface area (TPSA) is 216 Å². The fraction of sp³-hybridized carbons (Fsp3) is 0. The van der Waals surface area contributed by atoms with Gasteiger partial charge in [-0.2, -0.15) is 0 Å². The molecule has 0 unspecified atom stereocenters. The van der Waals surface area contributed by atoms with Gasteiger partial charge in [-0.1, -0.05) is 24.3 Å². The van der Waals surface area contributed by atoms with Crippen molar-refractivity contribution in [1.82, 2.24) is 9.97 Å². The van der Waals surface area contributed by atoms with E-state index < -0.39 is 15.3 Å². The zero-order valence-corrected chi connectivity index (χ0v) is 12.6. The molecule has 0 radical (unpaired) electrons. The number of aromatic nitrogens is 2. The van der Waals surface area contributed by atoms with E-state index in [1.165, 1.54) is 0 Å². The van der Waals surface area contributed by atoms with Crippen molar-refractivity contribution in [2.75, 3.05) is 0 Å². The molecule has 2 heterocycles. The van der Waals surface area contributed by atoms with Crippen LogP contribution in [-0.2, 0) is 0 Å². The predicted octanol–water partition coefficient (Wildman–Crippen LogP) is 1.74. The van der Waals surface area contributed by atoms with Gasteiger partial charge in [-0.15, -0.1) is 30.3 Å². The lowest BCUT2D eigenvalue weighted by molar-refractivity contribution is -0.742. The number of rotatable bonds is 0. The first-order valence-corrected chi connectivity index (χ1v) is 6.23. The van der Waals surface area contributed by atoms with E-state index in [0.29, 0.717) is 0 Å². The first-order chi connectivity index (χ1) is 12.1. The van der Waals surface area contributed by atoms with Crippen LogP contribution in [0.5, 0.6) is 0 Å². The van der Waals surface area contributed by atoms with Gasteiger partial charge >= 0.3 is 0 Å². The monoisotopic (exact) mass is 369 g/mol. The van der Waals surface area contributed by atoms with Crippen molar-refractivity contribution >= 4 is 21.8 Å². The molecule has 0 saturated heterocycles. The van der Waals surface area contributed by atoms with Crippen molar-refractivity contribution in [1.29, 1.82) is 0 Å². The molecule has 0 fully saturated rings. The van der Waals surface area contributed by atoms with Crippen LogP contribution in [0.15, 0.2) is 48.8 Å². The van der Waals surface area contributed by atoms with Crippen LogP contribution in [-0.4, -0.2) is 40.8 Å². The van der Waals surface area contributed by atoms with Crippen molar-refractivity contribution in [3.63, 3.8) is 0 Å². The van der Waals surface area contributed by atoms with E-state index in [1.807, 2.05) is 12.1 Å². The second-order valence-corrected chi connectivity index (χ2v) is 3.93. The van der Waals surface area contributed by atoms with Gasteiger partial charge in [-0.25, -0.2) is 0 Å². The molecule has 14 nitrogen and oxygen atoms in total. The fourth-order valence-corrected chi connectivity index (χ4v) is 1.68. The Kier molecular flexibility index (Phi) is 9.34. The van der Waals surface area contributed by atoms with Crippen LogP contribution in [0, 0.1) is 30.3 Å². The molecule has 26 heavy (non-hydrogen) atoms. The second kappa shape index (κ2) is 11.2. The Morgan fingerprint density at radius 2 is 0.923 bits per heavy atom. The summed E-state index contributed by atoms with van der Waals surface area (Å²) >= 11 is 0. The molecule has 2 aromatic heterocycles. The number of benzene rings is 1. The first-order valence-electron chi connectivity index (χ1n) is 6.23. The highest BCUT2D eigenvalue weighted by molar-refractivity contribution is 6.02. The molecule has 3 aromatic rings. The third-order valence-corrected chi connectivity index (χ3v) is 2.34. The number of pyridine rings is 2. The van der Waals surface area contributed by atoms with E-state index in [1.54, 1.807) is 12.4 Å². The smallest absolute Gasteiger partial charge is 0.291 e. The summed E-state index contributed by atoms with van der Waals surface area (Å²) in [7, 11) is 0. The maximum Gasteiger partial charge on any atom is 0.291 e.